The maximum Gasteiger partial charge on any atom is 0.409 e. The van der Waals surface area contributed by atoms with E-state index in [4.69, 9.17) is 9.15 Å². The molecule has 0 radical (unpaired) electrons. The lowest BCUT2D eigenvalue weighted by Crippen LogP contribution is -2.38. The van der Waals surface area contributed by atoms with Gasteiger partial charge in [-0.25, -0.2) is 14.2 Å². The Morgan fingerprint density at radius 3 is 2.67 bits per heavy atom. The molecule has 0 aliphatic carbocycles. The number of carbonyl (C=O) groups excluding carboxylic acids is 2. The molecule has 0 atom stereocenters. The molecule has 1 saturated heterocycles. The SMILES string of the molecule is CC(C)COC(=O)N1CCCN(C(=O)CCc2ncc(-c3ccccc3F)o2)CC1. The third kappa shape index (κ3) is 5.81. The molecular formula is C22H28FN3O4. The number of benzene rings is 1. The molecule has 0 unspecified atom stereocenters. The van der Waals surface area contributed by atoms with E-state index < -0.39 is 0 Å². The lowest BCUT2D eigenvalue weighted by molar-refractivity contribution is -0.131. The summed E-state index contributed by atoms with van der Waals surface area (Å²) in [6.45, 7) is 6.47. The van der Waals surface area contributed by atoms with Gasteiger partial charge in [0.25, 0.3) is 0 Å². The van der Waals surface area contributed by atoms with Crippen LogP contribution in [0.2, 0.25) is 0 Å². The number of aryl methyl sites for hydroxylation is 1. The van der Waals surface area contributed by atoms with E-state index in [0.29, 0.717) is 62.8 Å². The van der Waals surface area contributed by atoms with Crippen molar-refractivity contribution < 1.29 is 23.1 Å². The summed E-state index contributed by atoms with van der Waals surface area (Å²) in [5.74, 6) is 0.639. The Morgan fingerprint density at radius 2 is 1.90 bits per heavy atom. The number of aromatic nitrogens is 1. The first-order valence-electron chi connectivity index (χ1n) is 10.3. The highest BCUT2D eigenvalue weighted by molar-refractivity contribution is 5.76. The van der Waals surface area contributed by atoms with Gasteiger partial charge < -0.3 is 19.0 Å². The molecule has 8 heteroatoms. The highest BCUT2D eigenvalue weighted by Crippen LogP contribution is 2.23. The summed E-state index contributed by atoms with van der Waals surface area (Å²) in [5.41, 5.74) is 0.347. The predicted molar refractivity (Wildman–Crippen MR) is 109 cm³/mol. The molecule has 0 spiro atoms. The normalized spacial score (nSPS) is 14.7. The van der Waals surface area contributed by atoms with Crippen molar-refractivity contribution in [2.45, 2.75) is 33.1 Å². The summed E-state index contributed by atoms with van der Waals surface area (Å²) >= 11 is 0. The Morgan fingerprint density at radius 1 is 1.17 bits per heavy atom. The molecule has 0 saturated carbocycles. The van der Waals surface area contributed by atoms with Crippen LogP contribution in [0.15, 0.2) is 34.9 Å². The van der Waals surface area contributed by atoms with E-state index in [9.17, 15) is 14.0 Å². The summed E-state index contributed by atoms with van der Waals surface area (Å²) < 4.78 is 24.8. The Labute approximate surface area is 175 Å². The van der Waals surface area contributed by atoms with Crippen molar-refractivity contribution >= 4 is 12.0 Å². The quantitative estimate of drug-likeness (QED) is 0.716. The van der Waals surface area contributed by atoms with E-state index in [-0.39, 0.29) is 30.2 Å². The summed E-state index contributed by atoms with van der Waals surface area (Å²) in [4.78, 5) is 32.3. The first-order chi connectivity index (χ1) is 14.4. The van der Waals surface area contributed by atoms with Crippen LogP contribution in [0.5, 0.6) is 0 Å². The van der Waals surface area contributed by atoms with E-state index in [1.54, 1.807) is 28.0 Å². The maximum absolute atomic E-state index is 13.9. The molecule has 2 amide bonds. The number of hydrogen-bond donors (Lipinski definition) is 0. The maximum atomic E-state index is 13.9. The Bertz CT molecular complexity index is 868. The molecule has 1 aliphatic heterocycles. The van der Waals surface area contributed by atoms with Gasteiger partial charge in [-0.2, -0.15) is 0 Å². The molecule has 1 fully saturated rings. The highest BCUT2D eigenvalue weighted by atomic mass is 19.1. The van der Waals surface area contributed by atoms with Crippen molar-refractivity contribution in [2.24, 2.45) is 5.92 Å². The van der Waals surface area contributed by atoms with Gasteiger partial charge in [0.15, 0.2) is 11.7 Å². The van der Waals surface area contributed by atoms with E-state index in [0.717, 1.165) is 0 Å². The smallest absolute Gasteiger partial charge is 0.409 e. The monoisotopic (exact) mass is 417 g/mol. The van der Waals surface area contributed by atoms with Crippen LogP contribution in [0.4, 0.5) is 9.18 Å². The molecule has 162 valence electrons. The van der Waals surface area contributed by atoms with Crippen LogP contribution in [0.3, 0.4) is 0 Å². The van der Waals surface area contributed by atoms with Crippen molar-refractivity contribution in [2.75, 3.05) is 32.8 Å². The minimum atomic E-state index is -0.377. The Hall–Kier alpha value is -2.90. The summed E-state index contributed by atoms with van der Waals surface area (Å²) in [6.07, 6.45) is 2.45. The van der Waals surface area contributed by atoms with E-state index >= 15 is 0 Å². The number of hydrogen-bond acceptors (Lipinski definition) is 5. The van der Waals surface area contributed by atoms with Gasteiger partial charge in [0.05, 0.1) is 18.4 Å². The average Bonchev–Trinajstić information content (AvgIpc) is 3.05. The van der Waals surface area contributed by atoms with Crippen LogP contribution in [0.25, 0.3) is 11.3 Å². The van der Waals surface area contributed by atoms with E-state index in [2.05, 4.69) is 4.98 Å². The summed E-state index contributed by atoms with van der Waals surface area (Å²) in [5, 5.41) is 0. The van der Waals surface area contributed by atoms with Crippen LogP contribution in [-0.2, 0) is 16.0 Å². The zero-order chi connectivity index (χ0) is 21.5. The fraction of sp³-hybridized carbons (Fsp3) is 0.500. The largest absolute Gasteiger partial charge is 0.449 e. The molecule has 3 rings (SSSR count). The molecule has 0 N–H and O–H groups in total. The highest BCUT2D eigenvalue weighted by Gasteiger charge is 2.23. The zero-order valence-electron chi connectivity index (χ0n) is 17.5. The molecule has 2 aromatic rings. The standard InChI is InChI=1S/C22H28FN3O4/c1-16(2)15-29-22(28)26-11-5-10-25(12-13-26)21(27)9-8-20-24-14-19(30-20)17-6-3-4-7-18(17)23/h3-4,6-7,14,16H,5,8-13,15H2,1-2H3. The number of amides is 2. The van der Waals surface area contributed by atoms with Gasteiger partial charge in [-0.05, 0) is 24.5 Å². The Balaban J connectivity index is 1.49. The third-order valence-corrected chi connectivity index (χ3v) is 4.89. The minimum absolute atomic E-state index is 0.0157. The zero-order valence-corrected chi connectivity index (χ0v) is 17.5. The van der Waals surface area contributed by atoms with Gasteiger partial charge in [-0.15, -0.1) is 0 Å². The van der Waals surface area contributed by atoms with E-state index in [1.807, 2.05) is 13.8 Å². The first-order valence-corrected chi connectivity index (χ1v) is 10.3. The molecule has 1 aliphatic rings. The van der Waals surface area contributed by atoms with Crippen LogP contribution < -0.4 is 0 Å². The number of nitrogens with zero attached hydrogens (tertiary/aromatic N) is 3. The van der Waals surface area contributed by atoms with Gasteiger partial charge in [0.2, 0.25) is 5.91 Å². The topological polar surface area (TPSA) is 75.9 Å². The van der Waals surface area contributed by atoms with Crippen LogP contribution >= 0.6 is 0 Å². The van der Waals surface area contributed by atoms with E-state index in [1.165, 1.54) is 12.3 Å². The summed E-state index contributed by atoms with van der Waals surface area (Å²) in [7, 11) is 0. The molecule has 30 heavy (non-hydrogen) atoms. The molecule has 7 nitrogen and oxygen atoms in total. The van der Waals surface area contributed by atoms with Crippen molar-refractivity contribution in [1.82, 2.24) is 14.8 Å². The third-order valence-electron chi connectivity index (χ3n) is 4.89. The second kappa shape index (κ2) is 10.2. The number of oxazole rings is 1. The second-order valence-electron chi connectivity index (χ2n) is 7.79. The molecule has 1 aromatic carbocycles. The van der Waals surface area contributed by atoms with Crippen molar-refractivity contribution in [3.8, 4) is 11.3 Å². The van der Waals surface area contributed by atoms with Crippen LogP contribution in [-0.4, -0.2) is 59.6 Å². The average molecular weight is 417 g/mol. The molecule has 1 aromatic heterocycles. The summed E-state index contributed by atoms with van der Waals surface area (Å²) in [6, 6.07) is 6.33. The van der Waals surface area contributed by atoms with Crippen molar-refractivity contribution in [1.29, 1.82) is 0 Å². The minimum Gasteiger partial charge on any atom is -0.449 e. The van der Waals surface area contributed by atoms with Crippen molar-refractivity contribution in [3.05, 3.63) is 42.2 Å². The molecule has 2 heterocycles. The van der Waals surface area contributed by atoms with Gasteiger partial charge in [0, 0.05) is 39.0 Å². The predicted octanol–water partition coefficient (Wildman–Crippen LogP) is 3.74. The van der Waals surface area contributed by atoms with Crippen LogP contribution in [0, 0.1) is 11.7 Å². The van der Waals surface area contributed by atoms with Gasteiger partial charge in [0.1, 0.15) is 5.82 Å². The lowest BCUT2D eigenvalue weighted by Gasteiger charge is -2.22. The number of halogens is 1. The fourth-order valence-corrected chi connectivity index (χ4v) is 3.26. The van der Waals surface area contributed by atoms with Crippen LogP contribution in [0.1, 0.15) is 32.6 Å². The van der Waals surface area contributed by atoms with Gasteiger partial charge in [-0.3, -0.25) is 4.79 Å². The fourth-order valence-electron chi connectivity index (χ4n) is 3.26. The lowest BCUT2D eigenvalue weighted by atomic mass is 10.2. The Kier molecular flexibility index (Phi) is 7.43. The number of carbonyl (C=O) groups is 2. The second-order valence-corrected chi connectivity index (χ2v) is 7.79. The number of ether oxygens (including phenoxy) is 1. The van der Waals surface area contributed by atoms with Gasteiger partial charge >= 0.3 is 6.09 Å². The number of rotatable bonds is 6. The van der Waals surface area contributed by atoms with Gasteiger partial charge in [-0.1, -0.05) is 26.0 Å². The first kappa shape index (κ1) is 21.8. The molecular weight excluding hydrogens is 389 g/mol. The molecule has 0 bridgehead atoms. The van der Waals surface area contributed by atoms with Crippen molar-refractivity contribution in [3.63, 3.8) is 0 Å².